The smallest absolute Gasteiger partial charge is 0.345 e. The zero-order chi connectivity index (χ0) is 28.0. The van der Waals surface area contributed by atoms with Crippen LogP contribution in [-0.2, 0) is 20.4 Å². The van der Waals surface area contributed by atoms with Crippen molar-refractivity contribution in [3.63, 3.8) is 0 Å². The van der Waals surface area contributed by atoms with Crippen molar-refractivity contribution in [2.24, 2.45) is 0 Å². The largest absolute Gasteiger partial charge is 0.481 e. The molecule has 0 saturated heterocycles. The second-order valence-corrected chi connectivity index (χ2v) is 11.5. The van der Waals surface area contributed by atoms with Crippen molar-refractivity contribution in [1.29, 1.82) is 0 Å². The van der Waals surface area contributed by atoms with Crippen molar-refractivity contribution < 1.29 is 23.0 Å². The maximum Gasteiger partial charge on any atom is 0.345 e. The molecule has 0 radical (unpaired) electrons. The third kappa shape index (κ3) is 7.49. The quantitative estimate of drug-likeness (QED) is 0.138. The molecule has 0 aliphatic carbocycles. The van der Waals surface area contributed by atoms with Crippen LogP contribution in [0.15, 0.2) is 106 Å². The van der Waals surface area contributed by atoms with Gasteiger partial charge in [-0.1, -0.05) is 48.2 Å². The lowest BCUT2D eigenvalue weighted by molar-refractivity contribution is -0.154. The van der Waals surface area contributed by atoms with Crippen molar-refractivity contribution in [3.8, 4) is 17.6 Å². The summed E-state index contributed by atoms with van der Waals surface area (Å²) in [5.41, 5.74) is 0.796. The van der Waals surface area contributed by atoms with E-state index in [0.29, 0.717) is 5.75 Å². The zero-order valence-corrected chi connectivity index (χ0v) is 23.1. The molecule has 0 aliphatic heterocycles. The summed E-state index contributed by atoms with van der Waals surface area (Å²) in [6.07, 6.45) is 0. The topological polar surface area (TPSA) is 35.5 Å². The number of esters is 1. The lowest BCUT2D eigenvalue weighted by Gasteiger charge is -2.20. The van der Waals surface area contributed by atoms with Crippen LogP contribution in [0.4, 0.5) is 8.78 Å². The molecule has 0 heterocycles. The van der Waals surface area contributed by atoms with Crippen LogP contribution >= 0.6 is 0 Å². The summed E-state index contributed by atoms with van der Waals surface area (Å²) < 4.78 is 38.2. The number of hydrogen-bond donors (Lipinski definition) is 0. The fourth-order valence-corrected chi connectivity index (χ4v) is 6.36. The monoisotopic (exact) mass is 543 g/mol. The summed E-state index contributed by atoms with van der Waals surface area (Å²) in [7, 11) is -0.300. The molecule has 0 N–H and O–H groups in total. The molecule has 0 aliphatic rings. The summed E-state index contributed by atoms with van der Waals surface area (Å²) in [4.78, 5) is 16.2. The Bertz CT molecular complexity index is 1440. The van der Waals surface area contributed by atoms with Gasteiger partial charge in [-0.3, -0.25) is 0 Å². The highest BCUT2D eigenvalue weighted by Gasteiger charge is 2.30. The molecule has 39 heavy (non-hydrogen) atoms. The van der Waals surface area contributed by atoms with E-state index < -0.39 is 23.2 Å². The molecule has 0 fully saturated rings. The molecule has 6 heteroatoms. The van der Waals surface area contributed by atoms with Crippen LogP contribution in [0.2, 0.25) is 0 Å². The Hall–Kier alpha value is -4.08. The summed E-state index contributed by atoms with van der Waals surface area (Å²) in [5.74, 6) is 3.99. The van der Waals surface area contributed by atoms with Gasteiger partial charge in [-0.05, 0) is 75.2 Å². The molecule has 198 valence electrons. The van der Waals surface area contributed by atoms with Gasteiger partial charge in [0.1, 0.15) is 17.4 Å². The molecule has 3 nitrogen and oxygen atoms in total. The van der Waals surface area contributed by atoms with E-state index in [4.69, 9.17) is 9.47 Å². The summed E-state index contributed by atoms with van der Waals surface area (Å²) in [6.45, 7) is 6.83. The van der Waals surface area contributed by atoms with E-state index in [1.165, 1.54) is 9.79 Å². The fourth-order valence-electron chi connectivity index (χ4n) is 4.10. The summed E-state index contributed by atoms with van der Waals surface area (Å²) in [6, 6.07) is 28.0. The van der Waals surface area contributed by atoms with Crippen molar-refractivity contribution in [2.75, 3.05) is 6.61 Å². The second kappa shape index (κ2) is 12.2. The van der Waals surface area contributed by atoms with Gasteiger partial charge in [0.25, 0.3) is 0 Å². The predicted octanol–water partition coefficient (Wildman–Crippen LogP) is 7.43. The molecular weight excluding hydrogens is 514 g/mol. The number of carbonyl (C=O) groups excluding carboxylic acids is 1. The Labute approximate surface area is 231 Å². The Morgan fingerprint density at radius 1 is 0.795 bits per heavy atom. The van der Waals surface area contributed by atoms with Crippen molar-refractivity contribution >= 4 is 16.9 Å². The van der Waals surface area contributed by atoms with Crippen LogP contribution in [0.1, 0.15) is 30.5 Å². The van der Waals surface area contributed by atoms with E-state index in [1.807, 2.05) is 50.2 Å². The highest BCUT2D eigenvalue weighted by atomic mass is 32.2. The molecule has 0 aromatic heterocycles. The average molecular weight is 544 g/mol. The lowest BCUT2D eigenvalue weighted by Crippen LogP contribution is -2.29. The van der Waals surface area contributed by atoms with Gasteiger partial charge in [0.2, 0.25) is 0 Å². The van der Waals surface area contributed by atoms with Gasteiger partial charge < -0.3 is 9.47 Å². The van der Waals surface area contributed by atoms with E-state index in [2.05, 4.69) is 48.2 Å². The van der Waals surface area contributed by atoms with Crippen LogP contribution in [-0.4, -0.2) is 18.2 Å². The molecule has 0 atom stereocenters. The van der Waals surface area contributed by atoms with E-state index in [-0.39, 0.29) is 23.1 Å². The van der Waals surface area contributed by atoms with Crippen LogP contribution in [0.3, 0.4) is 0 Å². The molecule has 0 unspecified atom stereocenters. The Balaban J connectivity index is 1.48. The van der Waals surface area contributed by atoms with Gasteiger partial charge in [-0.15, -0.1) is 0 Å². The first-order valence-corrected chi connectivity index (χ1v) is 13.6. The third-order valence-electron chi connectivity index (χ3n) is 5.70. The maximum atomic E-state index is 13.4. The minimum atomic E-state index is -1.18. The highest BCUT2D eigenvalue weighted by molar-refractivity contribution is 7.97. The van der Waals surface area contributed by atoms with Gasteiger partial charge in [0, 0.05) is 23.8 Å². The van der Waals surface area contributed by atoms with Gasteiger partial charge in [-0.25, -0.2) is 13.6 Å². The first-order chi connectivity index (χ1) is 18.6. The molecule has 4 aromatic carbocycles. The molecular formula is C33H29F2O3S+. The predicted molar refractivity (Wildman–Crippen MR) is 150 cm³/mol. The summed E-state index contributed by atoms with van der Waals surface area (Å²) in [5, 5.41) is 0. The maximum absolute atomic E-state index is 13.4. The van der Waals surface area contributed by atoms with Crippen LogP contribution in [0.25, 0.3) is 0 Å². The first-order valence-electron chi connectivity index (χ1n) is 12.4. The summed E-state index contributed by atoms with van der Waals surface area (Å²) >= 11 is 0. The van der Waals surface area contributed by atoms with Crippen LogP contribution in [0, 0.1) is 37.3 Å². The Morgan fingerprint density at radius 3 is 1.82 bits per heavy atom. The van der Waals surface area contributed by atoms with Crippen LogP contribution < -0.4 is 4.74 Å². The van der Waals surface area contributed by atoms with Crippen molar-refractivity contribution in [1.82, 2.24) is 0 Å². The Morgan fingerprint density at radius 2 is 1.31 bits per heavy atom. The molecule has 4 rings (SSSR count). The molecule has 0 saturated carbocycles. The number of hydrogen-bond acceptors (Lipinski definition) is 3. The number of ether oxygens (including phenoxy) is 2. The van der Waals surface area contributed by atoms with Crippen molar-refractivity contribution in [3.05, 3.63) is 119 Å². The fraction of sp³-hybridized carbons (Fsp3) is 0.182. The second-order valence-electron chi connectivity index (χ2n) is 9.50. The van der Waals surface area contributed by atoms with Gasteiger partial charge in [0.15, 0.2) is 26.9 Å². The van der Waals surface area contributed by atoms with Gasteiger partial charge in [-0.2, -0.15) is 0 Å². The number of benzene rings is 4. The average Bonchev–Trinajstić information content (AvgIpc) is 2.88. The van der Waals surface area contributed by atoms with Gasteiger partial charge >= 0.3 is 5.97 Å². The van der Waals surface area contributed by atoms with E-state index >= 15 is 0 Å². The third-order valence-corrected chi connectivity index (χ3v) is 7.90. The Kier molecular flexibility index (Phi) is 8.73. The molecule has 0 spiro atoms. The highest BCUT2D eigenvalue weighted by Crippen LogP contribution is 2.35. The number of halogens is 2. The minimum absolute atomic E-state index is 0.157. The zero-order valence-electron chi connectivity index (χ0n) is 22.3. The van der Waals surface area contributed by atoms with Crippen molar-refractivity contribution in [2.45, 2.75) is 48.0 Å². The van der Waals surface area contributed by atoms with Gasteiger partial charge in [0.05, 0.1) is 10.9 Å². The normalized spacial score (nSPS) is 11.1. The molecule has 0 amide bonds. The first kappa shape index (κ1) is 27.9. The number of rotatable bonds is 7. The number of carbonyl (C=O) groups is 1. The van der Waals surface area contributed by atoms with Crippen LogP contribution in [0.5, 0.6) is 5.75 Å². The molecule has 0 bridgehead atoms. The SMILES string of the molecule is Cc1cc([S+](c2ccccc2)c2ccccc2)cc(C)c1OCC(=O)OC(C)(C)C#Cc1cc(F)cc(F)c1. The standard InChI is InChI=1S/C33H29F2O3S/c1-23-17-30(39(28-11-7-5-8-12-28)29-13-9-6-10-14-29)18-24(2)32(23)37-22-31(36)38-33(3,4)16-15-25-19-26(34)21-27(35)20-25/h5-14,17-21H,22H2,1-4H3/q+1. The van der Waals surface area contributed by atoms with E-state index in [0.717, 1.165) is 34.2 Å². The molecule has 4 aromatic rings. The number of aryl methyl sites for hydroxylation is 2. The van der Waals surface area contributed by atoms with E-state index in [9.17, 15) is 13.6 Å². The van der Waals surface area contributed by atoms with E-state index in [1.54, 1.807) is 13.8 Å². The lowest BCUT2D eigenvalue weighted by atomic mass is 10.1. The minimum Gasteiger partial charge on any atom is -0.481 e.